The number of benzene rings is 2. The van der Waals surface area contributed by atoms with Crippen molar-refractivity contribution in [1.82, 2.24) is 15.2 Å². The van der Waals surface area contributed by atoms with Crippen molar-refractivity contribution in [3.05, 3.63) is 65.9 Å². The zero-order valence-electron chi connectivity index (χ0n) is 19.1. The third-order valence-electron chi connectivity index (χ3n) is 6.29. The van der Waals surface area contributed by atoms with E-state index in [2.05, 4.69) is 56.5 Å². The second kappa shape index (κ2) is 11.0. The van der Waals surface area contributed by atoms with Crippen LogP contribution in [0.2, 0.25) is 0 Å². The number of pyridine rings is 1. The lowest BCUT2D eigenvalue weighted by atomic mass is 10.1. The number of aromatic nitrogens is 1. The molecule has 0 radical (unpaired) electrons. The summed E-state index contributed by atoms with van der Waals surface area (Å²) in [4.78, 5) is 34.5. The fourth-order valence-electron chi connectivity index (χ4n) is 4.55. The smallest absolute Gasteiger partial charge is 0.329 e. The van der Waals surface area contributed by atoms with Crippen molar-refractivity contribution in [1.29, 1.82) is 0 Å². The Morgan fingerprint density at radius 3 is 2.44 bits per heavy atom. The first-order valence-corrected chi connectivity index (χ1v) is 11.1. The molecule has 1 N–H and O–H groups in total. The van der Waals surface area contributed by atoms with Gasteiger partial charge < -0.3 is 4.90 Å². The highest BCUT2D eigenvalue weighted by Crippen LogP contribution is 2.27. The zero-order chi connectivity index (χ0) is 22.1. The molecule has 0 saturated carbocycles. The number of carbonyl (C=O) groups excluding carboxylic acids is 2. The third-order valence-corrected chi connectivity index (χ3v) is 6.29. The maximum Gasteiger partial charge on any atom is 0.329 e. The fourth-order valence-corrected chi connectivity index (χ4v) is 4.55. The normalized spacial score (nSPS) is 16.3. The maximum absolute atomic E-state index is 11.9. The SMILES string of the molecule is Cc1ccc2c(N3CCN(CCc4cccc(N5CC(=O)NC5=O)c4)CC3)cccc2n1.Cl.Cl. The highest BCUT2D eigenvalue weighted by atomic mass is 35.5. The quantitative estimate of drug-likeness (QED) is 0.538. The van der Waals surface area contributed by atoms with E-state index in [4.69, 9.17) is 0 Å². The molecule has 0 aliphatic carbocycles. The van der Waals surface area contributed by atoms with Gasteiger partial charge in [-0.2, -0.15) is 0 Å². The molecule has 180 valence electrons. The summed E-state index contributed by atoms with van der Waals surface area (Å²) in [5.41, 5.74) is 5.31. The minimum absolute atomic E-state index is 0. The van der Waals surface area contributed by atoms with Gasteiger partial charge in [0.1, 0.15) is 6.54 Å². The van der Waals surface area contributed by atoms with Crippen LogP contribution >= 0.6 is 24.8 Å². The van der Waals surface area contributed by atoms with Gasteiger partial charge in [0.2, 0.25) is 5.91 Å². The Bertz CT molecular complexity index is 1180. The van der Waals surface area contributed by atoms with Crippen molar-refractivity contribution in [2.75, 3.05) is 49.1 Å². The van der Waals surface area contributed by atoms with Gasteiger partial charge in [-0.15, -0.1) is 24.8 Å². The highest BCUT2D eigenvalue weighted by molar-refractivity contribution is 6.12. The molecule has 34 heavy (non-hydrogen) atoms. The molecule has 3 heterocycles. The molecule has 2 aliphatic rings. The van der Waals surface area contributed by atoms with E-state index in [1.54, 1.807) is 0 Å². The average Bonchev–Trinajstić information content (AvgIpc) is 3.15. The predicted molar refractivity (Wildman–Crippen MR) is 141 cm³/mol. The van der Waals surface area contributed by atoms with E-state index in [0.29, 0.717) is 0 Å². The summed E-state index contributed by atoms with van der Waals surface area (Å²) in [5.74, 6) is -0.254. The summed E-state index contributed by atoms with van der Waals surface area (Å²) in [6.07, 6.45) is 0.911. The molecule has 5 rings (SSSR count). The average molecular weight is 502 g/mol. The number of imide groups is 1. The monoisotopic (exact) mass is 501 g/mol. The van der Waals surface area contributed by atoms with Crippen LogP contribution in [0.1, 0.15) is 11.3 Å². The van der Waals surface area contributed by atoms with E-state index < -0.39 is 0 Å². The number of halogens is 2. The second-order valence-corrected chi connectivity index (χ2v) is 8.48. The van der Waals surface area contributed by atoms with Gasteiger partial charge in [-0.25, -0.2) is 4.79 Å². The van der Waals surface area contributed by atoms with Gasteiger partial charge in [-0.3, -0.25) is 24.9 Å². The first-order chi connectivity index (χ1) is 15.6. The molecule has 2 aromatic carbocycles. The number of hydrogen-bond donors (Lipinski definition) is 1. The van der Waals surface area contributed by atoms with Gasteiger partial charge in [0.05, 0.1) is 5.52 Å². The molecule has 3 aromatic rings. The first-order valence-electron chi connectivity index (χ1n) is 11.1. The number of rotatable bonds is 5. The number of hydrogen-bond acceptors (Lipinski definition) is 5. The van der Waals surface area contributed by atoms with Crippen molar-refractivity contribution in [2.45, 2.75) is 13.3 Å². The Morgan fingerprint density at radius 1 is 0.941 bits per heavy atom. The molecular formula is C25H29Cl2N5O2. The number of carbonyl (C=O) groups is 2. The van der Waals surface area contributed by atoms with E-state index in [9.17, 15) is 9.59 Å². The molecule has 9 heteroatoms. The molecule has 0 unspecified atom stereocenters. The summed E-state index contributed by atoms with van der Waals surface area (Å²) < 4.78 is 0. The Balaban J connectivity index is 0.00000162. The fraction of sp³-hybridized carbons (Fsp3) is 0.320. The molecule has 2 aliphatic heterocycles. The molecular weight excluding hydrogens is 473 g/mol. The molecule has 2 saturated heterocycles. The van der Waals surface area contributed by atoms with Crippen molar-refractivity contribution >= 4 is 59.0 Å². The van der Waals surface area contributed by atoms with E-state index in [-0.39, 0.29) is 43.3 Å². The largest absolute Gasteiger partial charge is 0.368 e. The van der Waals surface area contributed by atoms with Gasteiger partial charge in [0.15, 0.2) is 0 Å². The minimum atomic E-state index is -0.345. The number of fused-ring (bicyclic) bond motifs is 1. The Morgan fingerprint density at radius 2 is 1.71 bits per heavy atom. The van der Waals surface area contributed by atoms with Crippen LogP contribution in [0, 0.1) is 6.92 Å². The van der Waals surface area contributed by atoms with E-state index in [0.717, 1.165) is 56.0 Å². The summed E-state index contributed by atoms with van der Waals surface area (Å²) in [6, 6.07) is 18.2. The number of urea groups is 1. The Hall–Kier alpha value is -2.87. The highest BCUT2D eigenvalue weighted by Gasteiger charge is 2.28. The summed E-state index contributed by atoms with van der Waals surface area (Å²) >= 11 is 0. The predicted octanol–water partition coefficient (Wildman–Crippen LogP) is 3.81. The van der Waals surface area contributed by atoms with Gasteiger partial charge in [-0.05, 0) is 55.3 Å². The topological polar surface area (TPSA) is 68.8 Å². The summed E-state index contributed by atoms with van der Waals surface area (Å²) in [7, 11) is 0. The van der Waals surface area contributed by atoms with E-state index in [1.165, 1.54) is 21.5 Å². The van der Waals surface area contributed by atoms with Crippen molar-refractivity contribution in [3.63, 3.8) is 0 Å². The summed E-state index contributed by atoms with van der Waals surface area (Å²) in [6.45, 7) is 7.09. The van der Waals surface area contributed by atoms with Crippen LogP contribution in [0.25, 0.3) is 10.9 Å². The number of aryl methyl sites for hydroxylation is 1. The molecule has 0 bridgehead atoms. The van der Waals surface area contributed by atoms with Crippen LogP contribution in [-0.4, -0.2) is 61.1 Å². The Labute approximate surface area is 211 Å². The number of piperazine rings is 1. The second-order valence-electron chi connectivity index (χ2n) is 8.48. The number of anilines is 2. The molecule has 3 amide bonds. The molecule has 2 fully saturated rings. The van der Waals surface area contributed by atoms with Crippen molar-refractivity contribution < 1.29 is 9.59 Å². The lowest BCUT2D eigenvalue weighted by Crippen LogP contribution is -2.47. The van der Waals surface area contributed by atoms with Crippen LogP contribution in [0.15, 0.2) is 54.6 Å². The number of amides is 3. The zero-order valence-corrected chi connectivity index (χ0v) is 20.7. The standard InChI is InChI=1S/C25H27N5O2.2ClH/c1-18-8-9-21-22(26-18)6-3-7-23(21)29-14-12-28(13-15-29)11-10-19-4-2-5-20(16-19)30-17-24(31)27-25(30)32;;/h2-9,16H,10-15,17H2,1H3,(H,27,31,32);2*1H. The maximum atomic E-state index is 11.9. The van der Waals surface area contributed by atoms with E-state index in [1.807, 2.05) is 25.1 Å². The lowest BCUT2D eigenvalue weighted by molar-refractivity contribution is -0.117. The van der Waals surface area contributed by atoms with Crippen LogP contribution in [0.5, 0.6) is 0 Å². The van der Waals surface area contributed by atoms with Gasteiger partial charge >= 0.3 is 6.03 Å². The molecule has 0 atom stereocenters. The van der Waals surface area contributed by atoms with Crippen LogP contribution < -0.4 is 15.1 Å². The molecule has 7 nitrogen and oxygen atoms in total. The first kappa shape index (κ1) is 25.7. The van der Waals surface area contributed by atoms with Crippen molar-refractivity contribution in [3.8, 4) is 0 Å². The van der Waals surface area contributed by atoms with Gasteiger partial charge in [0.25, 0.3) is 0 Å². The van der Waals surface area contributed by atoms with Crippen molar-refractivity contribution in [2.24, 2.45) is 0 Å². The minimum Gasteiger partial charge on any atom is -0.368 e. The lowest BCUT2D eigenvalue weighted by Gasteiger charge is -2.36. The third kappa shape index (κ3) is 5.43. The van der Waals surface area contributed by atoms with Gasteiger partial charge in [-0.1, -0.05) is 18.2 Å². The number of nitrogens with one attached hydrogen (secondary N) is 1. The molecule has 0 spiro atoms. The van der Waals surface area contributed by atoms with E-state index >= 15 is 0 Å². The molecule has 1 aromatic heterocycles. The van der Waals surface area contributed by atoms with Gasteiger partial charge in [0, 0.05) is 55.2 Å². The summed E-state index contributed by atoms with van der Waals surface area (Å²) in [5, 5.41) is 3.55. The van der Waals surface area contributed by atoms with Crippen LogP contribution in [0.4, 0.5) is 16.2 Å². The van der Waals surface area contributed by atoms with Crippen LogP contribution in [0.3, 0.4) is 0 Å². The number of nitrogens with zero attached hydrogens (tertiary/aromatic N) is 4. The van der Waals surface area contributed by atoms with Crippen LogP contribution in [-0.2, 0) is 11.2 Å². The Kier molecular flexibility index (Phi) is 8.36.